The van der Waals surface area contributed by atoms with Gasteiger partial charge in [-0.15, -0.1) is 0 Å². The second-order valence-corrected chi connectivity index (χ2v) is 24.9. The van der Waals surface area contributed by atoms with E-state index in [0.29, 0.717) is 0 Å². The molecule has 4 aliphatic rings. The van der Waals surface area contributed by atoms with Crippen molar-refractivity contribution >= 4 is 53.6 Å². The van der Waals surface area contributed by atoms with Gasteiger partial charge in [-0.3, -0.25) is 28.8 Å². The molecule has 3 saturated heterocycles. The number of esters is 1. The van der Waals surface area contributed by atoms with Gasteiger partial charge in [-0.25, -0.2) is 14.4 Å². The molecule has 486 valence electrons. The number of carbonyl (C=O) groups excluding carboxylic acids is 9. The van der Waals surface area contributed by atoms with Crippen molar-refractivity contribution in [1.82, 2.24) is 41.7 Å². The summed E-state index contributed by atoms with van der Waals surface area (Å²) in [5.41, 5.74) is 1.96. The van der Waals surface area contributed by atoms with Gasteiger partial charge in [0.1, 0.15) is 54.1 Å². The van der Waals surface area contributed by atoms with Crippen LogP contribution in [0.2, 0.25) is 0 Å². The molecule has 1 aliphatic carbocycles. The van der Waals surface area contributed by atoms with E-state index >= 15 is 9.59 Å². The van der Waals surface area contributed by atoms with Crippen LogP contribution in [0.1, 0.15) is 97.3 Å². The maximum atomic E-state index is 15.1. The van der Waals surface area contributed by atoms with Crippen LogP contribution in [0, 0.1) is 5.92 Å². The van der Waals surface area contributed by atoms with E-state index in [2.05, 4.69) is 31.9 Å². The van der Waals surface area contributed by atoms with E-state index < -0.39 is 201 Å². The van der Waals surface area contributed by atoms with Gasteiger partial charge < -0.3 is 96.4 Å². The molecule has 0 saturated carbocycles. The molecular formula is C61H82N8O20. The van der Waals surface area contributed by atoms with Crippen LogP contribution in [0.25, 0.3) is 11.1 Å². The Labute approximate surface area is 514 Å². The van der Waals surface area contributed by atoms with Crippen molar-refractivity contribution < 1.29 is 97.8 Å². The zero-order valence-electron chi connectivity index (χ0n) is 50.8. The van der Waals surface area contributed by atoms with E-state index in [1.165, 1.54) is 39.8 Å². The number of phenols is 1. The number of amides is 8. The van der Waals surface area contributed by atoms with Crippen molar-refractivity contribution in [3.63, 3.8) is 0 Å². The number of benzene rings is 3. The highest BCUT2D eigenvalue weighted by Gasteiger charge is 2.50. The number of carbonyl (C=O) groups is 9. The molecule has 0 spiro atoms. The van der Waals surface area contributed by atoms with Crippen molar-refractivity contribution in [3.8, 4) is 22.6 Å². The summed E-state index contributed by atoms with van der Waals surface area (Å²) in [6.07, 6.45) is -14.9. The van der Waals surface area contributed by atoms with E-state index in [9.17, 15) is 69.3 Å². The predicted octanol–water partition coefficient (Wildman–Crippen LogP) is -0.915. The van der Waals surface area contributed by atoms with Gasteiger partial charge >= 0.3 is 18.2 Å². The number of alkyl carbamates (subject to hydrolysis) is 2. The van der Waals surface area contributed by atoms with Gasteiger partial charge in [0.25, 0.3) is 0 Å². The summed E-state index contributed by atoms with van der Waals surface area (Å²) in [6.45, 7) is 9.29. The number of nitrogens with zero attached hydrogens (tertiary/aromatic N) is 2. The van der Waals surface area contributed by atoms with Crippen molar-refractivity contribution in [2.24, 2.45) is 5.92 Å². The first-order chi connectivity index (χ1) is 41.8. The summed E-state index contributed by atoms with van der Waals surface area (Å²) in [5.74, 6) is -9.84. The Bertz CT molecular complexity index is 3050. The number of fused-ring (bicyclic) bond motifs is 5. The average molecular weight is 1250 g/mol. The number of hydrogen-bond acceptors (Lipinski definition) is 20. The minimum Gasteiger partial charge on any atom is -0.504 e. The molecule has 3 aliphatic heterocycles. The van der Waals surface area contributed by atoms with Crippen LogP contribution in [-0.2, 0) is 54.2 Å². The van der Waals surface area contributed by atoms with E-state index in [1.807, 2.05) is 48.5 Å². The third-order valence-corrected chi connectivity index (χ3v) is 15.4. The van der Waals surface area contributed by atoms with Crippen LogP contribution in [0.3, 0.4) is 0 Å². The largest absolute Gasteiger partial charge is 0.504 e. The maximum Gasteiger partial charge on any atom is 0.408 e. The Morgan fingerprint density at radius 1 is 0.697 bits per heavy atom. The summed E-state index contributed by atoms with van der Waals surface area (Å²) in [4.78, 5) is 129. The highest BCUT2D eigenvalue weighted by Crippen LogP contribution is 2.44. The lowest BCUT2D eigenvalue weighted by Crippen LogP contribution is -2.64. The van der Waals surface area contributed by atoms with Gasteiger partial charge in [0.05, 0.1) is 36.6 Å². The number of aliphatic hydroxyl groups excluding tert-OH is 6. The lowest BCUT2D eigenvalue weighted by atomic mass is 9.98. The Kier molecular flexibility index (Phi) is 22.3. The minimum absolute atomic E-state index is 0.0824. The fraction of sp³-hybridized carbons (Fsp3) is 0.557. The van der Waals surface area contributed by atoms with Crippen LogP contribution >= 0.6 is 0 Å². The first-order valence-corrected chi connectivity index (χ1v) is 29.4. The molecule has 3 aromatic rings. The quantitative estimate of drug-likeness (QED) is 0.0686. The van der Waals surface area contributed by atoms with Crippen molar-refractivity contribution in [3.05, 3.63) is 83.4 Å². The number of hydrogen-bond donors (Lipinski definition) is 13. The number of phenolic OH excluding ortho intramolecular Hbond substituents is 1. The highest BCUT2D eigenvalue weighted by molar-refractivity contribution is 5.98. The van der Waals surface area contributed by atoms with Crippen LogP contribution in [0.4, 0.5) is 9.59 Å². The summed E-state index contributed by atoms with van der Waals surface area (Å²) in [5, 5.41) is 94.4. The maximum absolute atomic E-state index is 15.1. The number of nitrogens with one attached hydrogen (secondary N) is 6. The Morgan fingerprint density at radius 3 is 1.93 bits per heavy atom. The third-order valence-electron chi connectivity index (χ3n) is 15.4. The summed E-state index contributed by atoms with van der Waals surface area (Å²) in [7, 11) is 0. The second kappa shape index (κ2) is 29.0. The topological polar surface area (TPSA) is 411 Å². The fourth-order valence-corrected chi connectivity index (χ4v) is 11.2. The van der Waals surface area contributed by atoms with Gasteiger partial charge in [0.15, 0.2) is 18.1 Å². The van der Waals surface area contributed by atoms with Crippen LogP contribution < -0.4 is 36.6 Å². The monoisotopic (exact) mass is 1250 g/mol. The second-order valence-electron chi connectivity index (χ2n) is 24.9. The molecule has 3 heterocycles. The van der Waals surface area contributed by atoms with E-state index in [1.54, 1.807) is 20.8 Å². The minimum atomic E-state index is -2.18. The lowest BCUT2D eigenvalue weighted by Gasteiger charge is -2.34. The zero-order valence-corrected chi connectivity index (χ0v) is 50.8. The summed E-state index contributed by atoms with van der Waals surface area (Å²) < 4.78 is 21.8. The van der Waals surface area contributed by atoms with Gasteiger partial charge in [-0.05, 0) is 94.8 Å². The van der Waals surface area contributed by atoms with E-state index in [-0.39, 0.29) is 30.4 Å². The van der Waals surface area contributed by atoms with Crippen LogP contribution in [-0.4, -0.2) is 223 Å². The molecule has 0 radical (unpaired) electrons. The number of aromatic hydroxyl groups is 1. The van der Waals surface area contributed by atoms with Crippen molar-refractivity contribution in [1.29, 1.82) is 0 Å². The average Bonchev–Trinajstić information content (AvgIpc) is 1.82. The van der Waals surface area contributed by atoms with Crippen LogP contribution in [0.5, 0.6) is 11.5 Å². The summed E-state index contributed by atoms with van der Waals surface area (Å²) >= 11 is 0. The molecule has 1 unspecified atom stereocenters. The molecule has 3 aromatic carbocycles. The third kappa shape index (κ3) is 17.6. The molecule has 28 nitrogen and oxygen atoms in total. The smallest absolute Gasteiger partial charge is 0.408 e. The molecule has 7 rings (SSSR count). The number of β-amino-alcohol motifs (C(OH)–C–C–N with tert-alkyl or cyclic N) is 1. The molecule has 0 aromatic heterocycles. The van der Waals surface area contributed by atoms with Gasteiger partial charge in [-0.2, -0.15) is 0 Å². The predicted molar refractivity (Wildman–Crippen MR) is 314 cm³/mol. The van der Waals surface area contributed by atoms with Crippen LogP contribution in [0.15, 0.2) is 66.7 Å². The highest BCUT2D eigenvalue weighted by atomic mass is 16.6. The molecule has 28 heteroatoms. The number of aliphatic hydroxyl groups is 6. The van der Waals surface area contributed by atoms with E-state index in [0.717, 1.165) is 45.0 Å². The number of rotatable bonds is 14. The van der Waals surface area contributed by atoms with Crippen molar-refractivity contribution in [2.45, 2.75) is 171 Å². The molecule has 13 atom stereocenters. The molecule has 3 fully saturated rings. The first kappa shape index (κ1) is 68.3. The fourth-order valence-electron chi connectivity index (χ4n) is 11.2. The van der Waals surface area contributed by atoms with Crippen molar-refractivity contribution in [2.75, 3.05) is 39.4 Å². The molecule has 13 N–H and O–H groups in total. The van der Waals surface area contributed by atoms with E-state index in [4.69, 9.17) is 18.9 Å². The SMILES string of the molecule is C[C@@H](O)[C@@H]1NC(=O)C(NC(=O)OC(C)(C)C)C[C@@H](O)CNC(=O)[C@@H]2[C@@H](O)[C@@H](C)CN2C(=O)[C@H]([C@H](O)CCNC(=O)OCC2c3ccccc3-c3ccccc32)NC(=O)[C@H]([C@H](O)Cc2ccc(O)c(OCC(=O)OC(C)(C)C)c2)NC(=O)[C@@H]2C[C@@H](O)CN2C1=O. The van der Waals surface area contributed by atoms with Gasteiger partial charge in [0, 0.05) is 57.3 Å². The zero-order chi connectivity index (χ0) is 65.4. The number of ether oxygens (including phenoxy) is 4. The molecule has 0 bridgehead atoms. The summed E-state index contributed by atoms with van der Waals surface area (Å²) in [6, 6.07) is 7.49. The first-order valence-electron chi connectivity index (χ1n) is 29.4. The standard InChI is InChI=1S/C61H82N8O20/c1-30-26-69-50(51(30)77)55(81)63-25-33(71)23-40(64-59(85)89-61(6,7)8)52(78)65-47(31(2)70)56(82)68-27-34(72)24-41(68)53(79)66-48(44(75)21-32-17-18-42(73)45(22-32)86-29-46(76)88-60(3,4)5)54(80)67-49(57(69)83)43(74)19-20-62-58(84)87-28-39-37-15-11-9-13-35(37)36-14-10-12-16-38(36)39/h9-18,22,30-31,33-34,39-41,43-44,47-51,70-75,77H,19-21,23-29H2,1-8H3,(H,62,84)(H,63,81)(H,64,85)(H,65,78)(H,66,79)(H,67,80)/t30-,31+,33+,34+,40?,41-,43+,44+,47-,48-,49-,50-,51-/m0/s1. The molecule has 8 amide bonds. The Hall–Kier alpha value is -8.15. The Balaban J connectivity index is 1.23. The molecule has 89 heavy (non-hydrogen) atoms. The normalized spacial score (nSPS) is 25.9. The Morgan fingerprint density at radius 2 is 1.30 bits per heavy atom. The lowest BCUT2D eigenvalue weighted by molar-refractivity contribution is -0.157. The van der Waals surface area contributed by atoms with Gasteiger partial charge in [-0.1, -0.05) is 61.5 Å². The molecular weight excluding hydrogens is 1160 g/mol. The van der Waals surface area contributed by atoms with Gasteiger partial charge in [0.2, 0.25) is 35.4 Å².